The van der Waals surface area contributed by atoms with Crippen molar-refractivity contribution in [1.82, 2.24) is 4.98 Å². The number of ether oxygens (including phenoxy) is 3. The summed E-state index contributed by atoms with van der Waals surface area (Å²) in [6.07, 6.45) is 3.30. The molecule has 2 aromatic carbocycles. The fourth-order valence-corrected chi connectivity index (χ4v) is 3.42. The predicted octanol–water partition coefficient (Wildman–Crippen LogP) is 7.03. The molecule has 0 aliphatic rings. The molecular weight excluding hydrogens is 449 g/mol. The van der Waals surface area contributed by atoms with E-state index < -0.39 is 0 Å². The van der Waals surface area contributed by atoms with Gasteiger partial charge >= 0.3 is 5.97 Å². The lowest BCUT2D eigenvalue weighted by Crippen LogP contribution is -2.04. The number of hydrogen-bond acceptors (Lipinski definition) is 5. The summed E-state index contributed by atoms with van der Waals surface area (Å²) in [7, 11) is 0. The van der Waals surface area contributed by atoms with E-state index in [1.54, 1.807) is 44.3 Å². The average molecular weight is 472 g/mol. The largest absolute Gasteiger partial charge is 0.487 e. The van der Waals surface area contributed by atoms with Crippen LogP contribution in [0.1, 0.15) is 30.5 Å². The number of benzene rings is 2. The van der Waals surface area contributed by atoms with Gasteiger partial charge in [-0.3, -0.25) is 0 Å². The molecule has 0 fully saturated rings. The molecule has 0 amide bonds. The van der Waals surface area contributed by atoms with E-state index in [2.05, 4.69) is 4.98 Å². The van der Waals surface area contributed by atoms with E-state index in [0.29, 0.717) is 46.2 Å². The first-order valence-corrected chi connectivity index (χ1v) is 10.8. The van der Waals surface area contributed by atoms with Crippen LogP contribution in [-0.2, 0) is 16.1 Å². The summed E-state index contributed by atoms with van der Waals surface area (Å²) < 4.78 is 16.6. The monoisotopic (exact) mass is 471 g/mol. The number of carbonyl (C=O) groups is 1. The molecule has 0 bridgehead atoms. The molecule has 1 heterocycles. The van der Waals surface area contributed by atoms with Crippen LogP contribution in [0.2, 0.25) is 10.0 Å². The number of pyridine rings is 1. The fourth-order valence-electron chi connectivity index (χ4n) is 2.92. The van der Waals surface area contributed by atoms with Gasteiger partial charge in [-0.2, -0.15) is 0 Å². The smallest absolute Gasteiger partial charge is 0.333 e. The van der Waals surface area contributed by atoms with Crippen LogP contribution in [0.25, 0.3) is 6.08 Å². The zero-order valence-electron chi connectivity index (χ0n) is 18.0. The van der Waals surface area contributed by atoms with Gasteiger partial charge < -0.3 is 14.2 Å². The third-order valence-corrected chi connectivity index (χ3v) is 5.15. The Bertz CT molecular complexity index is 1100. The maximum absolute atomic E-state index is 11.8. The van der Waals surface area contributed by atoms with Crippen LogP contribution in [0.5, 0.6) is 17.4 Å². The van der Waals surface area contributed by atoms with E-state index in [1.807, 2.05) is 37.3 Å². The predicted molar refractivity (Wildman–Crippen MR) is 127 cm³/mol. The molecule has 0 atom stereocenters. The van der Waals surface area contributed by atoms with Gasteiger partial charge in [0.1, 0.15) is 12.4 Å². The van der Waals surface area contributed by atoms with Crippen molar-refractivity contribution in [3.05, 3.63) is 87.0 Å². The van der Waals surface area contributed by atoms with Gasteiger partial charge in [0.25, 0.3) is 0 Å². The number of nitrogens with zero attached hydrogens (tertiary/aromatic N) is 1. The van der Waals surface area contributed by atoms with E-state index in [4.69, 9.17) is 37.4 Å². The maximum Gasteiger partial charge on any atom is 0.333 e. The van der Waals surface area contributed by atoms with Gasteiger partial charge in [0, 0.05) is 22.2 Å². The van der Waals surface area contributed by atoms with Crippen LogP contribution in [0.3, 0.4) is 0 Å². The van der Waals surface area contributed by atoms with Crippen LogP contribution in [0.15, 0.2) is 60.3 Å². The summed E-state index contributed by atoms with van der Waals surface area (Å²) >= 11 is 12.6. The number of carbonyl (C=O) groups excluding carboxylic acids is 1. The van der Waals surface area contributed by atoms with Gasteiger partial charge in [0.2, 0.25) is 5.88 Å². The zero-order valence-corrected chi connectivity index (χ0v) is 19.5. The molecule has 0 unspecified atom stereocenters. The van der Waals surface area contributed by atoms with Gasteiger partial charge in [-0.1, -0.05) is 41.4 Å². The summed E-state index contributed by atoms with van der Waals surface area (Å²) in [4.78, 5) is 16.1. The highest BCUT2D eigenvalue weighted by Gasteiger charge is 2.12. The second-order valence-corrected chi connectivity index (χ2v) is 7.83. The quantitative estimate of drug-likeness (QED) is 0.260. The molecule has 32 heavy (non-hydrogen) atoms. The molecule has 0 radical (unpaired) electrons. The first-order chi connectivity index (χ1) is 15.4. The molecule has 1 aromatic heterocycles. The lowest BCUT2D eigenvalue weighted by molar-refractivity contribution is -0.138. The molecule has 5 nitrogen and oxygen atoms in total. The Labute approximate surface area is 197 Å². The summed E-state index contributed by atoms with van der Waals surface area (Å²) in [5.74, 6) is 1.11. The van der Waals surface area contributed by atoms with E-state index >= 15 is 0 Å². The Morgan fingerprint density at radius 2 is 1.88 bits per heavy atom. The summed E-state index contributed by atoms with van der Waals surface area (Å²) in [6, 6.07) is 14.6. The lowest BCUT2D eigenvalue weighted by Gasteiger charge is -2.12. The molecule has 0 N–H and O–H groups in total. The number of esters is 1. The minimum atomic E-state index is -0.359. The molecule has 0 saturated heterocycles. The minimum absolute atomic E-state index is 0.327. The van der Waals surface area contributed by atoms with Gasteiger partial charge in [-0.25, -0.2) is 9.78 Å². The summed E-state index contributed by atoms with van der Waals surface area (Å²) in [5, 5.41) is 1.06. The number of halogens is 2. The Kier molecular flexibility index (Phi) is 8.14. The van der Waals surface area contributed by atoms with Crippen LogP contribution >= 0.6 is 23.2 Å². The van der Waals surface area contributed by atoms with Gasteiger partial charge in [0.15, 0.2) is 5.75 Å². The molecule has 3 aromatic rings. The average Bonchev–Trinajstić information content (AvgIpc) is 2.77. The topological polar surface area (TPSA) is 57.7 Å². The van der Waals surface area contributed by atoms with Crippen molar-refractivity contribution < 1.29 is 19.0 Å². The molecule has 7 heteroatoms. The molecule has 166 valence electrons. The first-order valence-electron chi connectivity index (χ1n) is 10.0. The van der Waals surface area contributed by atoms with Crippen molar-refractivity contribution in [2.24, 2.45) is 0 Å². The van der Waals surface area contributed by atoms with Crippen LogP contribution in [0, 0.1) is 6.92 Å². The van der Waals surface area contributed by atoms with Crippen molar-refractivity contribution in [3.63, 3.8) is 0 Å². The number of aromatic nitrogens is 1. The van der Waals surface area contributed by atoms with E-state index in [9.17, 15) is 4.79 Å². The highest BCUT2D eigenvalue weighted by molar-refractivity contribution is 6.32. The lowest BCUT2D eigenvalue weighted by atomic mass is 10.1. The summed E-state index contributed by atoms with van der Waals surface area (Å²) in [5.41, 5.74) is 2.97. The minimum Gasteiger partial charge on any atom is -0.487 e. The van der Waals surface area contributed by atoms with Crippen molar-refractivity contribution >= 4 is 35.2 Å². The first kappa shape index (κ1) is 23.6. The second-order valence-electron chi connectivity index (χ2n) is 7.01. The van der Waals surface area contributed by atoms with Gasteiger partial charge in [0.05, 0.1) is 17.8 Å². The standard InChI is InChI=1S/C25H23Cl2NO4/c1-4-30-25(29)17(3)12-18-11-16(2)24(22(27)13-18)32-23-10-9-20(14-28-23)31-15-19-7-5-6-8-21(19)26/h5-14H,4,15H2,1-3H3/b17-12+. The van der Waals surface area contributed by atoms with Gasteiger partial charge in [-0.15, -0.1) is 0 Å². The number of hydrogen-bond donors (Lipinski definition) is 0. The molecular formula is C25H23Cl2NO4. The Hall–Kier alpha value is -3.02. The highest BCUT2D eigenvalue weighted by Crippen LogP contribution is 2.34. The van der Waals surface area contributed by atoms with Crippen LogP contribution in [-0.4, -0.2) is 17.6 Å². The fraction of sp³-hybridized carbons (Fsp3) is 0.200. The number of rotatable bonds is 8. The van der Waals surface area contributed by atoms with Crippen LogP contribution < -0.4 is 9.47 Å². The van der Waals surface area contributed by atoms with Crippen molar-refractivity contribution in [1.29, 1.82) is 0 Å². The number of aryl methyl sites for hydroxylation is 1. The zero-order chi connectivity index (χ0) is 23.1. The Balaban J connectivity index is 1.68. The molecule has 0 aliphatic carbocycles. The highest BCUT2D eigenvalue weighted by atomic mass is 35.5. The van der Waals surface area contributed by atoms with Gasteiger partial charge in [-0.05, 0) is 62.2 Å². The van der Waals surface area contributed by atoms with Crippen molar-refractivity contribution in [2.45, 2.75) is 27.4 Å². The normalized spacial score (nSPS) is 11.2. The van der Waals surface area contributed by atoms with Crippen molar-refractivity contribution in [2.75, 3.05) is 6.61 Å². The summed E-state index contributed by atoms with van der Waals surface area (Å²) in [6.45, 7) is 6.01. The molecule has 3 rings (SSSR count). The van der Waals surface area contributed by atoms with E-state index in [1.165, 1.54) is 0 Å². The van der Waals surface area contributed by atoms with E-state index in [0.717, 1.165) is 16.7 Å². The molecule has 0 saturated carbocycles. The van der Waals surface area contributed by atoms with Crippen molar-refractivity contribution in [3.8, 4) is 17.4 Å². The SMILES string of the molecule is CCOC(=O)/C(C)=C/c1cc(C)c(Oc2ccc(OCc3ccccc3Cl)cn2)c(Cl)c1. The Morgan fingerprint density at radius 1 is 1.09 bits per heavy atom. The maximum atomic E-state index is 11.8. The molecule has 0 aliphatic heterocycles. The van der Waals surface area contributed by atoms with E-state index in [-0.39, 0.29) is 5.97 Å². The second kappa shape index (κ2) is 11.0. The van der Waals surface area contributed by atoms with Crippen LogP contribution in [0.4, 0.5) is 0 Å². The molecule has 0 spiro atoms. The third kappa shape index (κ3) is 6.25. The Morgan fingerprint density at radius 3 is 2.53 bits per heavy atom. The third-order valence-electron chi connectivity index (χ3n) is 4.50.